The molecule has 2 N–H and O–H groups in total. The number of ether oxygens (including phenoxy) is 1. The molecule has 0 aliphatic rings. The van der Waals surface area contributed by atoms with Crippen molar-refractivity contribution in [3.8, 4) is 0 Å². The van der Waals surface area contributed by atoms with Gasteiger partial charge in [0.05, 0.1) is 25.7 Å². The third kappa shape index (κ3) is 4.92. The van der Waals surface area contributed by atoms with Gasteiger partial charge in [-0.25, -0.2) is 0 Å². The van der Waals surface area contributed by atoms with E-state index in [-0.39, 0.29) is 12.4 Å². The van der Waals surface area contributed by atoms with Gasteiger partial charge in [-0.1, -0.05) is 0 Å². The van der Waals surface area contributed by atoms with E-state index in [1.165, 1.54) is 0 Å². The van der Waals surface area contributed by atoms with E-state index in [0.717, 1.165) is 5.82 Å². The number of aromatic nitrogens is 3. The monoisotopic (exact) mass is 242 g/mol. The highest BCUT2D eigenvalue weighted by atomic mass is 16.5. The molecule has 1 aromatic heterocycles. The zero-order valence-corrected chi connectivity index (χ0v) is 10.1. The summed E-state index contributed by atoms with van der Waals surface area (Å²) >= 11 is 0. The molecular weight excluding hydrogens is 224 g/mol. The molecular formula is C10H18N4O3. The lowest BCUT2D eigenvalue weighted by atomic mass is 10.2. The first-order valence-electron chi connectivity index (χ1n) is 5.50. The molecule has 1 aromatic rings. The van der Waals surface area contributed by atoms with E-state index in [1.54, 1.807) is 17.8 Å². The van der Waals surface area contributed by atoms with Gasteiger partial charge in [-0.3, -0.25) is 4.79 Å². The molecule has 7 heteroatoms. The van der Waals surface area contributed by atoms with Gasteiger partial charge in [-0.05, 0) is 6.92 Å². The van der Waals surface area contributed by atoms with Crippen molar-refractivity contribution in [2.24, 2.45) is 7.05 Å². The summed E-state index contributed by atoms with van der Waals surface area (Å²) in [6, 6.07) is 0. The minimum atomic E-state index is -0.748. The number of carbonyl (C=O) groups excluding carboxylic acids is 1. The normalized spacial score (nSPS) is 12.4. The van der Waals surface area contributed by atoms with E-state index in [0.29, 0.717) is 19.7 Å². The zero-order valence-electron chi connectivity index (χ0n) is 10.1. The summed E-state index contributed by atoms with van der Waals surface area (Å²) in [4.78, 5) is 11.1. The van der Waals surface area contributed by atoms with Crippen molar-refractivity contribution < 1.29 is 14.6 Å². The van der Waals surface area contributed by atoms with Gasteiger partial charge in [-0.15, -0.1) is 10.2 Å². The van der Waals surface area contributed by atoms with Crippen molar-refractivity contribution in [3.05, 3.63) is 12.2 Å². The molecule has 0 radical (unpaired) electrons. The number of nitrogens with one attached hydrogen (secondary N) is 1. The number of hydrogen-bond acceptors (Lipinski definition) is 6. The number of hydrogen-bond donors (Lipinski definition) is 2. The fraction of sp³-hybridized carbons (Fsp3) is 0.700. The summed E-state index contributed by atoms with van der Waals surface area (Å²) in [7, 11) is 1.84. The highest BCUT2D eigenvalue weighted by molar-refractivity contribution is 5.69. The molecule has 0 fully saturated rings. The molecule has 0 bridgehead atoms. The molecule has 0 aliphatic heterocycles. The Balaban J connectivity index is 2.18. The summed E-state index contributed by atoms with van der Waals surface area (Å²) in [5, 5.41) is 20.1. The predicted octanol–water partition coefficient (Wildman–Crippen LogP) is -0.781. The first kappa shape index (κ1) is 13.6. The van der Waals surface area contributed by atoms with Crippen LogP contribution in [0.3, 0.4) is 0 Å². The Labute approximate surface area is 99.8 Å². The number of aliphatic hydroxyl groups is 1. The number of nitrogens with zero attached hydrogens (tertiary/aromatic N) is 3. The second-order valence-corrected chi connectivity index (χ2v) is 3.65. The Hall–Kier alpha value is -1.47. The van der Waals surface area contributed by atoms with Crippen LogP contribution in [0.15, 0.2) is 6.33 Å². The van der Waals surface area contributed by atoms with Crippen LogP contribution in [0.5, 0.6) is 0 Å². The topological polar surface area (TPSA) is 89.3 Å². The second kappa shape index (κ2) is 6.97. The number of carbonyl (C=O) groups is 1. The SMILES string of the molecule is CCOC(=O)CC(O)CNCc1nncn1C. The van der Waals surface area contributed by atoms with Crippen molar-refractivity contribution in [2.75, 3.05) is 13.2 Å². The standard InChI is InChI=1S/C10H18N4O3/c1-3-17-10(16)4-8(15)5-11-6-9-13-12-7-14(9)2/h7-8,11,15H,3-6H2,1-2H3. The average molecular weight is 242 g/mol. The van der Waals surface area contributed by atoms with E-state index in [1.807, 2.05) is 7.05 Å². The fourth-order valence-corrected chi connectivity index (χ4v) is 1.30. The van der Waals surface area contributed by atoms with Gasteiger partial charge in [0.2, 0.25) is 0 Å². The summed E-state index contributed by atoms with van der Waals surface area (Å²) in [5.41, 5.74) is 0. The molecule has 1 atom stereocenters. The van der Waals surface area contributed by atoms with Gasteiger partial charge in [0.25, 0.3) is 0 Å². The molecule has 0 saturated carbocycles. The van der Waals surface area contributed by atoms with Gasteiger partial charge < -0.3 is 19.7 Å². The molecule has 1 heterocycles. The molecule has 0 aromatic carbocycles. The lowest BCUT2D eigenvalue weighted by Gasteiger charge is -2.10. The Bertz CT molecular complexity index is 353. The predicted molar refractivity (Wildman–Crippen MR) is 60.0 cm³/mol. The minimum Gasteiger partial charge on any atom is -0.466 e. The van der Waals surface area contributed by atoms with Gasteiger partial charge in [0.15, 0.2) is 0 Å². The maximum absolute atomic E-state index is 11.1. The molecule has 96 valence electrons. The summed E-state index contributed by atoms with van der Waals surface area (Å²) in [6.45, 7) is 2.87. The van der Waals surface area contributed by atoms with Crippen LogP contribution < -0.4 is 5.32 Å². The largest absolute Gasteiger partial charge is 0.466 e. The Morgan fingerprint density at radius 1 is 1.71 bits per heavy atom. The molecule has 0 amide bonds. The van der Waals surface area contributed by atoms with Crippen molar-refractivity contribution >= 4 is 5.97 Å². The molecule has 0 aliphatic carbocycles. The van der Waals surface area contributed by atoms with Crippen LogP contribution in [-0.2, 0) is 23.1 Å². The number of esters is 1. The smallest absolute Gasteiger partial charge is 0.308 e. The van der Waals surface area contributed by atoms with E-state index >= 15 is 0 Å². The molecule has 1 unspecified atom stereocenters. The molecule has 1 rings (SSSR count). The third-order valence-electron chi connectivity index (χ3n) is 2.18. The average Bonchev–Trinajstić information content (AvgIpc) is 2.64. The van der Waals surface area contributed by atoms with E-state index in [2.05, 4.69) is 15.5 Å². The Morgan fingerprint density at radius 3 is 3.06 bits per heavy atom. The van der Waals surface area contributed by atoms with Crippen LogP contribution in [0.2, 0.25) is 0 Å². The van der Waals surface area contributed by atoms with Crippen molar-refractivity contribution in [2.45, 2.75) is 26.0 Å². The Morgan fingerprint density at radius 2 is 2.47 bits per heavy atom. The van der Waals surface area contributed by atoms with Crippen LogP contribution in [0, 0.1) is 0 Å². The maximum Gasteiger partial charge on any atom is 0.308 e. The fourth-order valence-electron chi connectivity index (χ4n) is 1.30. The van der Waals surface area contributed by atoms with Crippen molar-refractivity contribution in [3.63, 3.8) is 0 Å². The maximum atomic E-state index is 11.1. The molecule has 0 saturated heterocycles. The van der Waals surface area contributed by atoms with E-state index < -0.39 is 6.10 Å². The molecule has 17 heavy (non-hydrogen) atoms. The number of rotatable bonds is 7. The van der Waals surface area contributed by atoms with Crippen LogP contribution in [0.4, 0.5) is 0 Å². The van der Waals surface area contributed by atoms with E-state index in [4.69, 9.17) is 4.74 Å². The second-order valence-electron chi connectivity index (χ2n) is 3.65. The van der Waals surface area contributed by atoms with Gasteiger partial charge in [0, 0.05) is 13.6 Å². The summed E-state index contributed by atoms with van der Waals surface area (Å²) < 4.78 is 6.51. The minimum absolute atomic E-state index is 0.000342. The zero-order chi connectivity index (χ0) is 12.7. The van der Waals surface area contributed by atoms with Gasteiger partial charge >= 0.3 is 5.97 Å². The van der Waals surface area contributed by atoms with Crippen molar-refractivity contribution in [1.29, 1.82) is 0 Å². The van der Waals surface area contributed by atoms with E-state index in [9.17, 15) is 9.90 Å². The van der Waals surface area contributed by atoms with Crippen LogP contribution in [0.1, 0.15) is 19.2 Å². The van der Waals surface area contributed by atoms with Gasteiger partial charge in [0.1, 0.15) is 12.2 Å². The van der Waals surface area contributed by atoms with Gasteiger partial charge in [-0.2, -0.15) is 0 Å². The highest BCUT2D eigenvalue weighted by Gasteiger charge is 2.11. The number of aryl methyl sites for hydroxylation is 1. The highest BCUT2D eigenvalue weighted by Crippen LogP contribution is 1.95. The summed E-state index contributed by atoms with van der Waals surface area (Å²) in [5.74, 6) is 0.383. The van der Waals surface area contributed by atoms with Crippen LogP contribution >= 0.6 is 0 Å². The molecule has 0 spiro atoms. The first-order valence-corrected chi connectivity index (χ1v) is 5.50. The number of aliphatic hydroxyl groups excluding tert-OH is 1. The molecule has 7 nitrogen and oxygen atoms in total. The van der Waals surface area contributed by atoms with Crippen LogP contribution in [0.25, 0.3) is 0 Å². The lowest BCUT2D eigenvalue weighted by molar-refractivity contribution is -0.145. The lowest BCUT2D eigenvalue weighted by Crippen LogP contribution is -2.29. The Kier molecular flexibility index (Phi) is 5.58. The quantitative estimate of drug-likeness (QED) is 0.610. The van der Waals surface area contributed by atoms with Crippen molar-refractivity contribution in [1.82, 2.24) is 20.1 Å². The van der Waals surface area contributed by atoms with Crippen LogP contribution in [-0.4, -0.2) is 45.1 Å². The summed E-state index contributed by atoms with van der Waals surface area (Å²) in [6.07, 6.45) is 0.855. The third-order valence-corrected chi connectivity index (χ3v) is 2.18. The first-order chi connectivity index (χ1) is 8.13.